The largest absolute Gasteiger partial charge is 0.458 e. The summed E-state index contributed by atoms with van der Waals surface area (Å²) in [5.74, 6) is -0.317. The van der Waals surface area contributed by atoms with Gasteiger partial charge in [-0.2, -0.15) is 0 Å². The molecule has 1 heterocycles. The summed E-state index contributed by atoms with van der Waals surface area (Å²) in [4.78, 5) is 10.9. The van der Waals surface area contributed by atoms with Gasteiger partial charge in [-0.15, -0.1) is 0 Å². The second kappa shape index (κ2) is 3.72. The molecule has 12 heavy (non-hydrogen) atoms. The minimum absolute atomic E-state index is 0.00102. The van der Waals surface area contributed by atoms with Gasteiger partial charge in [-0.1, -0.05) is 13.0 Å². The van der Waals surface area contributed by atoms with Gasteiger partial charge in [0.25, 0.3) is 0 Å². The zero-order valence-corrected chi connectivity index (χ0v) is 7.36. The molecule has 0 aromatic rings. The minimum atomic E-state index is -0.563. The second-order valence-corrected chi connectivity index (χ2v) is 3.11. The molecule has 1 saturated heterocycles. The first-order valence-corrected chi connectivity index (χ1v) is 4.15. The van der Waals surface area contributed by atoms with Crippen molar-refractivity contribution in [2.45, 2.75) is 32.5 Å². The molecule has 1 aliphatic heterocycles. The van der Waals surface area contributed by atoms with Crippen LogP contribution in [0.2, 0.25) is 0 Å². The molecule has 1 rings (SSSR count). The molecule has 0 amide bonds. The monoisotopic (exact) mass is 170 g/mol. The number of cyclic esters (lactones) is 1. The number of hydrogen-bond acceptors (Lipinski definition) is 3. The van der Waals surface area contributed by atoms with Crippen LogP contribution in [0.25, 0.3) is 0 Å². The van der Waals surface area contributed by atoms with Crippen LogP contribution in [0.4, 0.5) is 0 Å². The van der Waals surface area contributed by atoms with Crippen LogP contribution in [0.5, 0.6) is 0 Å². The van der Waals surface area contributed by atoms with Gasteiger partial charge < -0.3 is 9.84 Å². The van der Waals surface area contributed by atoms with Gasteiger partial charge in [0, 0.05) is 5.92 Å². The Kier molecular flexibility index (Phi) is 2.87. The molecule has 3 unspecified atom stereocenters. The van der Waals surface area contributed by atoms with Crippen LogP contribution in [-0.2, 0) is 9.53 Å². The van der Waals surface area contributed by atoms with E-state index in [-0.39, 0.29) is 24.4 Å². The van der Waals surface area contributed by atoms with E-state index in [1.165, 1.54) is 0 Å². The van der Waals surface area contributed by atoms with Gasteiger partial charge in [0.2, 0.25) is 0 Å². The number of esters is 1. The van der Waals surface area contributed by atoms with E-state index in [0.29, 0.717) is 0 Å². The Morgan fingerprint density at radius 1 is 1.67 bits per heavy atom. The van der Waals surface area contributed by atoms with Gasteiger partial charge in [0.1, 0.15) is 6.10 Å². The Bertz CT molecular complexity index is 198. The summed E-state index contributed by atoms with van der Waals surface area (Å²) in [6.45, 7) is 3.74. The maximum Gasteiger partial charge on any atom is 0.309 e. The van der Waals surface area contributed by atoms with Crippen LogP contribution in [0.15, 0.2) is 12.2 Å². The zero-order chi connectivity index (χ0) is 9.14. The van der Waals surface area contributed by atoms with Crippen molar-refractivity contribution in [2.75, 3.05) is 0 Å². The predicted octanol–water partition coefficient (Wildman–Crippen LogP) is 0.875. The van der Waals surface area contributed by atoms with Crippen LogP contribution in [0, 0.1) is 5.92 Å². The molecule has 0 saturated carbocycles. The molecular weight excluding hydrogens is 156 g/mol. The topological polar surface area (TPSA) is 46.5 Å². The fourth-order valence-electron chi connectivity index (χ4n) is 1.29. The molecule has 1 N–H and O–H groups in total. The quantitative estimate of drug-likeness (QED) is 0.469. The van der Waals surface area contributed by atoms with Crippen LogP contribution >= 0.6 is 0 Å². The summed E-state index contributed by atoms with van der Waals surface area (Å²) in [5.41, 5.74) is 0. The van der Waals surface area contributed by atoms with Crippen molar-refractivity contribution in [3.63, 3.8) is 0 Å². The van der Waals surface area contributed by atoms with Crippen molar-refractivity contribution in [3.8, 4) is 0 Å². The van der Waals surface area contributed by atoms with Gasteiger partial charge in [0.15, 0.2) is 0 Å². The lowest BCUT2D eigenvalue weighted by Crippen LogP contribution is -2.39. The van der Waals surface area contributed by atoms with E-state index in [4.69, 9.17) is 4.74 Å². The number of rotatable bonds is 1. The third-order valence-electron chi connectivity index (χ3n) is 2.15. The number of carbonyl (C=O) groups is 1. The highest BCUT2D eigenvalue weighted by Gasteiger charge is 2.32. The molecule has 1 fully saturated rings. The highest BCUT2D eigenvalue weighted by atomic mass is 16.5. The molecule has 0 aliphatic carbocycles. The van der Waals surface area contributed by atoms with Gasteiger partial charge in [-0.05, 0) is 13.0 Å². The van der Waals surface area contributed by atoms with Crippen molar-refractivity contribution < 1.29 is 14.6 Å². The van der Waals surface area contributed by atoms with Gasteiger partial charge >= 0.3 is 5.97 Å². The Balaban J connectivity index is 2.65. The molecule has 3 heteroatoms. The lowest BCUT2D eigenvalue weighted by molar-refractivity contribution is -0.162. The summed E-state index contributed by atoms with van der Waals surface area (Å²) in [5, 5.41) is 9.41. The molecule has 3 atom stereocenters. The maximum absolute atomic E-state index is 10.9. The molecule has 0 spiro atoms. The van der Waals surface area contributed by atoms with Crippen molar-refractivity contribution in [3.05, 3.63) is 12.2 Å². The Labute approximate surface area is 72.0 Å². The highest BCUT2D eigenvalue weighted by Crippen LogP contribution is 2.22. The standard InChI is InChI=1S/C9H14O3/c1-3-4-8-6(2)7(10)5-9(11)12-8/h3-4,6-8,10H,5H2,1-2H3/b4-3+. The highest BCUT2D eigenvalue weighted by molar-refractivity contribution is 5.71. The summed E-state index contributed by atoms with van der Waals surface area (Å²) >= 11 is 0. The number of hydrogen-bond donors (Lipinski definition) is 1. The maximum atomic E-state index is 10.9. The number of carbonyl (C=O) groups excluding carboxylic acids is 1. The average Bonchev–Trinajstić information content (AvgIpc) is 2.00. The zero-order valence-electron chi connectivity index (χ0n) is 7.36. The molecule has 0 aromatic carbocycles. The molecule has 0 radical (unpaired) electrons. The minimum Gasteiger partial charge on any atom is -0.458 e. The van der Waals surface area contributed by atoms with E-state index in [9.17, 15) is 9.90 Å². The van der Waals surface area contributed by atoms with Crippen LogP contribution in [0.1, 0.15) is 20.3 Å². The molecule has 3 nitrogen and oxygen atoms in total. The number of aliphatic hydroxyl groups excluding tert-OH is 1. The Morgan fingerprint density at radius 2 is 2.33 bits per heavy atom. The third kappa shape index (κ3) is 1.85. The van der Waals surface area contributed by atoms with Crippen molar-refractivity contribution >= 4 is 5.97 Å². The molecule has 0 bridgehead atoms. The van der Waals surface area contributed by atoms with Gasteiger partial charge in [-0.3, -0.25) is 4.79 Å². The smallest absolute Gasteiger partial charge is 0.309 e. The molecule has 1 aliphatic rings. The summed E-state index contributed by atoms with van der Waals surface area (Å²) < 4.78 is 5.02. The number of allylic oxidation sites excluding steroid dienone is 1. The first-order chi connectivity index (χ1) is 5.65. The fourth-order valence-corrected chi connectivity index (χ4v) is 1.29. The fraction of sp³-hybridized carbons (Fsp3) is 0.667. The van der Waals surface area contributed by atoms with Crippen molar-refractivity contribution in [1.29, 1.82) is 0 Å². The van der Waals surface area contributed by atoms with E-state index >= 15 is 0 Å². The van der Waals surface area contributed by atoms with Crippen LogP contribution < -0.4 is 0 Å². The lowest BCUT2D eigenvalue weighted by Gasteiger charge is -2.30. The van der Waals surface area contributed by atoms with Crippen molar-refractivity contribution in [2.24, 2.45) is 5.92 Å². The lowest BCUT2D eigenvalue weighted by atomic mass is 9.93. The first-order valence-electron chi connectivity index (χ1n) is 4.15. The number of ether oxygens (including phenoxy) is 1. The van der Waals surface area contributed by atoms with Crippen LogP contribution in [-0.4, -0.2) is 23.3 Å². The normalized spacial score (nSPS) is 36.9. The van der Waals surface area contributed by atoms with Crippen molar-refractivity contribution in [1.82, 2.24) is 0 Å². The van der Waals surface area contributed by atoms with Gasteiger partial charge in [-0.25, -0.2) is 0 Å². The molecular formula is C9H14O3. The molecule has 0 aromatic heterocycles. The van der Waals surface area contributed by atoms with Crippen LogP contribution in [0.3, 0.4) is 0 Å². The Hall–Kier alpha value is -0.830. The van der Waals surface area contributed by atoms with E-state index in [0.717, 1.165) is 0 Å². The predicted molar refractivity (Wildman–Crippen MR) is 44.5 cm³/mol. The van der Waals surface area contributed by atoms with E-state index in [1.54, 1.807) is 6.08 Å². The first kappa shape index (κ1) is 9.26. The second-order valence-electron chi connectivity index (χ2n) is 3.11. The van der Waals surface area contributed by atoms with E-state index < -0.39 is 6.10 Å². The van der Waals surface area contributed by atoms with Gasteiger partial charge in [0.05, 0.1) is 12.5 Å². The number of aliphatic hydroxyl groups is 1. The summed E-state index contributed by atoms with van der Waals surface area (Å²) in [6, 6.07) is 0. The Morgan fingerprint density at radius 3 is 2.92 bits per heavy atom. The third-order valence-corrected chi connectivity index (χ3v) is 2.15. The van der Waals surface area contributed by atoms with E-state index in [2.05, 4.69) is 0 Å². The summed E-state index contributed by atoms with van der Waals surface area (Å²) in [6.07, 6.45) is 2.92. The summed E-state index contributed by atoms with van der Waals surface area (Å²) in [7, 11) is 0. The molecule has 68 valence electrons. The SMILES string of the molecule is C/C=C/C1OC(=O)CC(O)C1C. The van der Waals surface area contributed by atoms with E-state index in [1.807, 2.05) is 19.9 Å². The average molecular weight is 170 g/mol.